The third-order valence-electron chi connectivity index (χ3n) is 6.26. The van der Waals surface area contributed by atoms with E-state index in [9.17, 15) is 14.4 Å². The normalized spacial score (nSPS) is 14.0. The molecule has 1 aromatic rings. The molecule has 6 heteroatoms. The van der Waals surface area contributed by atoms with Gasteiger partial charge in [0.05, 0.1) is 0 Å². The number of hydrogen-bond acceptors (Lipinski definition) is 3. The van der Waals surface area contributed by atoms with Gasteiger partial charge in [-0.25, -0.2) is 0 Å². The Kier molecular flexibility index (Phi) is 11.8. The predicted octanol–water partition coefficient (Wildman–Crippen LogP) is 4.24. The smallest absolute Gasteiger partial charge is 0.245 e. The van der Waals surface area contributed by atoms with Crippen molar-refractivity contribution in [2.24, 2.45) is 5.73 Å². The average molecular weight is 444 g/mol. The lowest BCUT2D eigenvalue weighted by atomic mass is 9.98. The van der Waals surface area contributed by atoms with Crippen molar-refractivity contribution >= 4 is 17.7 Å². The number of nitrogens with zero attached hydrogens (tertiary/aromatic N) is 1. The van der Waals surface area contributed by atoms with Crippen LogP contribution in [0.5, 0.6) is 0 Å². The van der Waals surface area contributed by atoms with Crippen molar-refractivity contribution in [3.05, 3.63) is 35.4 Å². The van der Waals surface area contributed by atoms with E-state index in [-0.39, 0.29) is 24.7 Å². The molecule has 0 radical (unpaired) electrons. The quantitative estimate of drug-likeness (QED) is 0.397. The van der Waals surface area contributed by atoms with E-state index in [1.54, 1.807) is 4.90 Å². The van der Waals surface area contributed by atoms with E-state index in [0.29, 0.717) is 19.5 Å². The van der Waals surface area contributed by atoms with E-state index in [4.69, 9.17) is 5.73 Å². The molecule has 0 spiro atoms. The number of hydrogen-bond donors (Lipinski definition) is 2. The van der Waals surface area contributed by atoms with Crippen LogP contribution in [0.2, 0.25) is 0 Å². The summed E-state index contributed by atoms with van der Waals surface area (Å²) in [6, 6.07) is 7.42. The van der Waals surface area contributed by atoms with Crippen LogP contribution in [0, 0.1) is 0 Å². The second kappa shape index (κ2) is 14.6. The molecule has 1 heterocycles. The summed E-state index contributed by atoms with van der Waals surface area (Å²) >= 11 is 0. The van der Waals surface area contributed by atoms with Crippen molar-refractivity contribution in [3.8, 4) is 0 Å². The number of fused-ring (bicyclic) bond motifs is 1. The minimum Gasteiger partial charge on any atom is -0.370 e. The van der Waals surface area contributed by atoms with Gasteiger partial charge in [0.15, 0.2) is 0 Å². The first kappa shape index (κ1) is 25.9. The molecule has 32 heavy (non-hydrogen) atoms. The highest BCUT2D eigenvalue weighted by molar-refractivity contribution is 5.88. The predicted molar refractivity (Wildman–Crippen MR) is 128 cm³/mol. The third kappa shape index (κ3) is 9.41. The SMILES string of the molecule is CCCCCCCCCCCC(=O)N[C@H](CCC(N)=O)C(=O)N1CCc2ccccc2C1. The van der Waals surface area contributed by atoms with E-state index in [1.807, 2.05) is 18.2 Å². The largest absolute Gasteiger partial charge is 0.370 e. The van der Waals surface area contributed by atoms with Crippen molar-refractivity contribution < 1.29 is 14.4 Å². The zero-order chi connectivity index (χ0) is 23.2. The summed E-state index contributed by atoms with van der Waals surface area (Å²) in [7, 11) is 0. The van der Waals surface area contributed by atoms with Crippen molar-refractivity contribution in [2.45, 2.75) is 103 Å². The molecule has 0 aliphatic carbocycles. The zero-order valence-electron chi connectivity index (χ0n) is 19.7. The molecular formula is C26H41N3O3. The highest BCUT2D eigenvalue weighted by atomic mass is 16.2. The molecule has 3 amide bonds. The Morgan fingerprint density at radius 2 is 1.56 bits per heavy atom. The van der Waals surface area contributed by atoms with Gasteiger partial charge in [-0.15, -0.1) is 0 Å². The van der Waals surface area contributed by atoms with Crippen molar-refractivity contribution in [1.82, 2.24) is 10.2 Å². The van der Waals surface area contributed by atoms with Gasteiger partial charge in [-0.05, 0) is 30.4 Å². The second-order valence-corrected chi connectivity index (χ2v) is 8.98. The van der Waals surface area contributed by atoms with E-state index < -0.39 is 11.9 Å². The summed E-state index contributed by atoms with van der Waals surface area (Å²) in [5.74, 6) is -0.700. The molecule has 0 fully saturated rings. The molecular weight excluding hydrogens is 402 g/mol. The topological polar surface area (TPSA) is 92.5 Å². The number of nitrogens with two attached hydrogens (primary N) is 1. The lowest BCUT2D eigenvalue weighted by Crippen LogP contribution is -2.50. The van der Waals surface area contributed by atoms with Gasteiger partial charge in [0.25, 0.3) is 0 Å². The number of rotatable bonds is 15. The fraction of sp³-hybridized carbons (Fsp3) is 0.654. The van der Waals surface area contributed by atoms with E-state index in [2.05, 4.69) is 18.3 Å². The summed E-state index contributed by atoms with van der Waals surface area (Å²) in [4.78, 5) is 38.7. The Labute approximate surface area is 193 Å². The van der Waals surface area contributed by atoms with Gasteiger partial charge in [-0.1, -0.05) is 82.6 Å². The van der Waals surface area contributed by atoms with E-state index in [1.165, 1.54) is 44.1 Å². The minimum atomic E-state index is -0.696. The first-order valence-electron chi connectivity index (χ1n) is 12.4. The summed E-state index contributed by atoms with van der Waals surface area (Å²) in [6.07, 6.45) is 12.3. The van der Waals surface area contributed by atoms with Crippen LogP contribution < -0.4 is 11.1 Å². The molecule has 0 saturated carbocycles. The molecule has 2 rings (SSSR count). The fourth-order valence-corrected chi connectivity index (χ4v) is 4.31. The van der Waals surface area contributed by atoms with Crippen molar-refractivity contribution in [1.29, 1.82) is 0 Å². The van der Waals surface area contributed by atoms with Gasteiger partial charge in [0.1, 0.15) is 6.04 Å². The molecule has 1 atom stereocenters. The van der Waals surface area contributed by atoms with Crippen molar-refractivity contribution in [2.75, 3.05) is 6.54 Å². The van der Waals surface area contributed by atoms with E-state index in [0.717, 1.165) is 31.2 Å². The summed E-state index contributed by atoms with van der Waals surface area (Å²) in [5.41, 5.74) is 7.71. The number of benzene rings is 1. The van der Waals surface area contributed by atoms with Crippen LogP contribution >= 0.6 is 0 Å². The van der Waals surface area contributed by atoms with Gasteiger partial charge >= 0.3 is 0 Å². The molecule has 0 unspecified atom stereocenters. The molecule has 0 saturated heterocycles. The molecule has 3 N–H and O–H groups in total. The molecule has 6 nitrogen and oxygen atoms in total. The van der Waals surface area contributed by atoms with Crippen LogP contribution in [0.4, 0.5) is 0 Å². The number of nitrogens with one attached hydrogen (secondary N) is 1. The molecule has 1 aliphatic rings. The molecule has 1 aromatic carbocycles. The standard InChI is InChI=1S/C26H41N3O3/c1-2-3-4-5-6-7-8-9-10-15-25(31)28-23(16-17-24(27)30)26(32)29-19-18-21-13-11-12-14-22(21)20-29/h11-14,23H,2-10,15-20H2,1H3,(H2,27,30)(H,28,31)/t23-/m1/s1. The lowest BCUT2D eigenvalue weighted by molar-refractivity contribution is -0.137. The molecule has 178 valence electrons. The number of unbranched alkanes of at least 4 members (excludes halogenated alkanes) is 8. The summed E-state index contributed by atoms with van der Waals surface area (Å²) < 4.78 is 0. The Bertz CT molecular complexity index is 735. The maximum Gasteiger partial charge on any atom is 0.245 e. The highest BCUT2D eigenvalue weighted by Gasteiger charge is 2.28. The highest BCUT2D eigenvalue weighted by Crippen LogP contribution is 2.20. The maximum absolute atomic E-state index is 13.1. The van der Waals surface area contributed by atoms with Crippen LogP contribution in [0.1, 0.15) is 95.1 Å². The van der Waals surface area contributed by atoms with Crippen LogP contribution in [0.25, 0.3) is 0 Å². The van der Waals surface area contributed by atoms with Crippen LogP contribution in [0.3, 0.4) is 0 Å². The molecule has 0 aromatic heterocycles. The Morgan fingerprint density at radius 1 is 0.938 bits per heavy atom. The second-order valence-electron chi connectivity index (χ2n) is 8.98. The van der Waals surface area contributed by atoms with Crippen LogP contribution in [-0.2, 0) is 27.3 Å². The first-order chi connectivity index (χ1) is 15.5. The number of carbonyl (C=O) groups is 3. The monoisotopic (exact) mass is 443 g/mol. The Balaban J connectivity index is 1.76. The van der Waals surface area contributed by atoms with Gasteiger partial charge in [0, 0.05) is 25.9 Å². The summed E-state index contributed by atoms with van der Waals surface area (Å²) in [6.45, 7) is 3.38. The van der Waals surface area contributed by atoms with Gasteiger partial charge < -0.3 is 16.0 Å². The number of primary amides is 1. The van der Waals surface area contributed by atoms with Gasteiger partial charge in [-0.3, -0.25) is 14.4 Å². The zero-order valence-corrected chi connectivity index (χ0v) is 19.7. The Hall–Kier alpha value is -2.37. The van der Waals surface area contributed by atoms with Crippen LogP contribution in [0.15, 0.2) is 24.3 Å². The summed E-state index contributed by atoms with van der Waals surface area (Å²) in [5, 5.41) is 2.88. The van der Waals surface area contributed by atoms with Crippen molar-refractivity contribution in [3.63, 3.8) is 0 Å². The maximum atomic E-state index is 13.1. The number of amides is 3. The van der Waals surface area contributed by atoms with Crippen LogP contribution in [-0.4, -0.2) is 35.2 Å². The van der Waals surface area contributed by atoms with E-state index >= 15 is 0 Å². The average Bonchev–Trinajstić information content (AvgIpc) is 2.79. The van der Waals surface area contributed by atoms with Gasteiger partial charge in [-0.2, -0.15) is 0 Å². The molecule has 0 bridgehead atoms. The number of carbonyl (C=O) groups excluding carboxylic acids is 3. The van der Waals surface area contributed by atoms with Gasteiger partial charge in [0.2, 0.25) is 17.7 Å². The Morgan fingerprint density at radius 3 is 2.22 bits per heavy atom. The first-order valence-corrected chi connectivity index (χ1v) is 12.4. The third-order valence-corrected chi connectivity index (χ3v) is 6.26. The fourth-order valence-electron chi connectivity index (χ4n) is 4.31. The molecule has 1 aliphatic heterocycles. The minimum absolute atomic E-state index is 0.0825. The lowest BCUT2D eigenvalue weighted by Gasteiger charge is -2.32.